The van der Waals surface area contributed by atoms with Crippen molar-refractivity contribution >= 4 is 11.1 Å². The van der Waals surface area contributed by atoms with Crippen LogP contribution < -0.4 is 0 Å². The van der Waals surface area contributed by atoms with E-state index in [1.165, 1.54) is 6.07 Å². The highest BCUT2D eigenvalue weighted by Gasteiger charge is 1.99. The molecule has 2 aromatic heterocycles. The minimum atomic E-state index is -0.0446. The summed E-state index contributed by atoms with van der Waals surface area (Å²) in [5.41, 5.74) is 1.51. The Balaban J connectivity index is 2.92. The molecule has 0 amide bonds. The third-order valence-corrected chi connectivity index (χ3v) is 1.22. The molecule has 0 aromatic carbocycles. The summed E-state index contributed by atoms with van der Waals surface area (Å²) in [7, 11) is 0. The summed E-state index contributed by atoms with van der Waals surface area (Å²) in [6.07, 6.45) is 1.76. The molecule has 2 aromatic rings. The maximum absolute atomic E-state index is 8.76. The highest BCUT2D eigenvalue weighted by Crippen LogP contribution is 2.21. The van der Waals surface area contributed by atoms with E-state index < -0.39 is 0 Å². The first-order chi connectivity index (χ1) is 4.36. The Hall–Kier alpha value is -1.38. The van der Waals surface area contributed by atoms with Gasteiger partial charge in [0, 0.05) is 12.3 Å². The fraction of sp³-hybridized carbons (Fsp3) is 0. The molecule has 0 saturated heterocycles. The van der Waals surface area contributed by atoms with Gasteiger partial charge in [-0.2, -0.15) is 0 Å². The molecule has 46 valence electrons. The second-order valence-corrected chi connectivity index (χ2v) is 1.84. The smallest absolute Gasteiger partial charge is 0.284 e. The molecule has 0 atom stereocenters. The lowest BCUT2D eigenvalue weighted by Crippen LogP contribution is -1.51. The van der Waals surface area contributed by atoms with Crippen LogP contribution in [-0.4, -0.2) is 10.1 Å². The Morgan fingerprint density at radius 3 is 3.22 bits per heavy atom. The van der Waals surface area contributed by atoms with Gasteiger partial charge in [0.15, 0.2) is 5.58 Å². The maximum atomic E-state index is 8.76. The molecule has 0 aliphatic heterocycles. The van der Waals surface area contributed by atoms with Crippen molar-refractivity contribution in [2.24, 2.45) is 0 Å². The summed E-state index contributed by atoms with van der Waals surface area (Å²) in [6.45, 7) is 0. The van der Waals surface area contributed by atoms with Crippen LogP contribution in [0.4, 0.5) is 0 Å². The van der Waals surface area contributed by atoms with E-state index >= 15 is 0 Å². The van der Waals surface area contributed by atoms with Crippen LogP contribution in [0.2, 0.25) is 0 Å². The van der Waals surface area contributed by atoms with Gasteiger partial charge in [0.25, 0.3) is 5.95 Å². The summed E-state index contributed by atoms with van der Waals surface area (Å²) in [4.78, 5) is 2.89. The minimum absolute atomic E-state index is 0.0446. The first-order valence-electron chi connectivity index (χ1n) is 2.62. The van der Waals surface area contributed by atoms with Gasteiger partial charge in [0.2, 0.25) is 0 Å². The van der Waals surface area contributed by atoms with Crippen LogP contribution in [0, 0.1) is 0 Å². The lowest BCUT2D eigenvalue weighted by molar-refractivity contribution is 0.346. The van der Waals surface area contributed by atoms with Gasteiger partial charge in [-0.05, 0) is 6.07 Å². The van der Waals surface area contributed by atoms with Crippen molar-refractivity contribution in [3.05, 3.63) is 18.3 Å². The van der Waals surface area contributed by atoms with E-state index in [1.807, 2.05) is 0 Å². The standard InChI is InChI=1S/C6H5NO2/c8-6-3-4-5(9-6)1-2-7-4/h1-3,7-8H. The average molecular weight is 123 g/mol. The number of nitrogens with one attached hydrogen (secondary N) is 1. The number of aromatic nitrogens is 1. The van der Waals surface area contributed by atoms with Crippen LogP contribution in [0.15, 0.2) is 22.7 Å². The molecular formula is C6H5NO2. The van der Waals surface area contributed by atoms with Crippen molar-refractivity contribution in [3.8, 4) is 5.95 Å². The molecule has 0 fully saturated rings. The largest absolute Gasteiger partial charge is 0.481 e. The summed E-state index contributed by atoms with van der Waals surface area (Å²) in [6, 6.07) is 3.30. The third kappa shape index (κ3) is 0.512. The van der Waals surface area contributed by atoms with Crippen molar-refractivity contribution in [1.29, 1.82) is 0 Å². The number of hydrogen-bond donors (Lipinski definition) is 2. The van der Waals surface area contributed by atoms with Crippen molar-refractivity contribution in [2.45, 2.75) is 0 Å². The predicted octanol–water partition coefficient (Wildman–Crippen LogP) is 1.47. The van der Waals surface area contributed by atoms with E-state index in [0.29, 0.717) is 5.58 Å². The molecular weight excluding hydrogens is 118 g/mol. The van der Waals surface area contributed by atoms with Crippen molar-refractivity contribution in [3.63, 3.8) is 0 Å². The van der Waals surface area contributed by atoms with Gasteiger partial charge in [-0.15, -0.1) is 0 Å². The number of hydrogen-bond acceptors (Lipinski definition) is 2. The van der Waals surface area contributed by atoms with Gasteiger partial charge in [-0.25, -0.2) is 0 Å². The van der Waals surface area contributed by atoms with Crippen molar-refractivity contribution in [2.75, 3.05) is 0 Å². The Labute approximate surface area is 50.9 Å². The van der Waals surface area contributed by atoms with Crippen LogP contribution in [0.1, 0.15) is 0 Å². The molecule has 9 heavy (non-hydrogen) atoms. The quantitative estimate of drug-likeness (QED) is 0.557. The minimum Gasteiger partial charge on any atom is -0.481 e. The van der Waals surface area contributed by atoms with Crippen molar-refractivity contribution in [1.82, 2.24) is 4.98 Å². The van der Waals surface area contributed by atoms with Crippen LogP contribution in [-0.2, 0) is 0 Å². The van der Waals surface area contributed by atoms with E-state index in [4.69, 9.17) is 9.52 Å². The highest BCUT2D eigenvalue weighted by atomic mass is 16.5. The lowest BCUT2D eigenvalue weighted by Gasteiger charge is -1.73. The topological polar surface area (TPSA) is 49.2 Å². The van der Waals surface area contributed by atoms with Crippen molar-refractivity contribution < 1.29 is 9.52 Å². The Morgan fingerprint density at radius 1 is 1.56 bits per heavy atom. The molecule has 2 heterocycles. The normalized spacial score (nSPS) is 10.7. The molecule has 3 nitrogen and oxygen atoms in total. The fourth-order valence-electron chi connectivity index (χ4n) is 0.835. The highest BCUT2D eigenvalue weighted by molar-refractivity contribution is 5.74. The molecule has 3 heteroatoms. The van der Waals surface area contributed by atoms with E-state index in [-0.39, 0.29) is 5.95 Å². The number of fused-ring (bicyclic) bond motifs is 1. The van der Waals surface area contributed by atoms with Crippen LogP contribution >= 0.6 is 0 Å². The monoisotopic (exact) mass is 123 g/mol. The third-order valence-electron chi connectivity index (χ3n) is 1.22. The molecule has 0 unspecified atom stereocenters. The van der Waals surface area contributed by atoms with E-state index in [2.05, 4.69) is 4.98 Å². The Morgan fingerprint density at radius 2 is 2.44 bits per heavy atom. The molecule has 0 radical (unpaired) electrons. The second-order valence-electron chi connectivity index (χ2n) is 1.84. The number of aromatic hydroxyl groups is 1. The molecule has 0 saturated carbocycles. The van der Waals surface area contributed by atoms with Gasteiger partial charge in [-0.3, -0.25) is 0 Å². The van der Waals surface area contributed by atoms with Crippen LogP contribution in [0.3, 0.4) is 0 Å². The zero-order valence-electron chi connectivity index (χ0n) is 4.59. The van der Waals surface area contributed by atoms with E-state index in [1.54, 1.807) is 12.3 Å². The van der Waals surface area contributed by atoms with Gasteiger partial charge in [0.05, 0.1) is 5.52 Å². The number of rotatable bonds is 0. The Kier molecular flexibility index (Phi) is 0.656. The first kappa shape index (κ1) is 4.49. The zero-order valence-corrected chi connectivity index (χ0v) is 4.59. The molecule has 0 aliphatic rings. The zero-order chi connectivity index (χ0) is 6.27. The SMILES string of the molecule is Oc1cc2[nH]ccc2o1. The summed E-state index contributed by atoms with van der Waals surface area (Å²) < 4.78 is 4.83. The van der Waals surface area contributed by atoms with Crippen LogP contribution in [0.5, 0.6) is 5.95 Å². The maximum Gasteiger partial charge on any atom is 0.284 e. The molecule has 2 N–H and O–H groups in total. The van der Waals surface area contributed by atoms with Gasteiger partial charge >= 0.3 is 0 Å². The Bertz CT molecular complexity index is 292. The lowest BCUT2D eigenvalue weighted by atomic mass is 10.5. The average Bonchev–Trinajstić information content (AvgIpc) is 2.22. The number of H-pyrrole nitrogens is 1. The molecule has 0 bridgehead atoms. The summed E-state index contributed by atoms with van der Waals surface area (Å²) in [5, 5.41) is 8.76. The van der Waals surface area contributed by atoms with E-state index in [0.717, 1.165) is 5.52 Å². The molecule has 0 spiro atoms. The van der Waals surface area contributed by atoms with Gasteiger partial charge in [0.1, 0.15) is 0 Å². The first-order valence-corrected chi connectivity index (χ1v) is 2.62. The molecule has 2 rings (SSSR count). The summed E-state index contributed by atoms with van der Waals surface area (Å²) >= 11 is 0. The molecule has 0 aliphatic carbocycles. The second kappa shape index (κ2) is 1.31. The fourth-order valence-corrected chi connectivity index (χ4v) is 0.835. The van der Waals surface area contributed by atoms with Crippen LogP contribution in [0.25, 0.3) is 11.1 Å². The van der Waals surface area contributed by atoms with Gasteiger partial charge < -0.3 is 14.5 Å². The number of aromatic amines is 1. The summed E-state index contributed by atoms with van der Waals surface area (Å²) in [5.74, 6) is -0.0446. The predicted molar refractivity (Wildman–Crippen MR) is 32.2 cm³/mol. The van der Waals surface area contributed by atoms with Gasteiger partial charge in [-0.1, -0.05) is 0 Å². The van der Waals surface area contributed by atoms with E-state index in [9.17, 15) is 0 Å². The number of furan rings is 1.